The number of anilines is 9. The molecule has 0 saturated carbocycles. The second-order valence-corrected chi connectivity index (χ2v) is 34.5. The zero-order chi connectivity index (χ0) is 85.0. The third kappa shape index (κ3) is 14.3. The zero-order valence-electron chi connectivity index (χ0n) is 71.7. The molecule has 0 fully saturated rings. The highest BCUT2D eigenvalue weighted by molar-refractivity contribution is 6.10. The Morgan fingerprint density at radius 2 is 0.492 bits per heavy atom. The summed E-state index contributed by atoms with van der Waals surface area (Å²) in [6.07, 6.45) is 0. The molecule has 22 rings (SSSR count). The van der Waals surface area contributed by atoms with Gasteiger partial charge in [0.05, 0.1) is 11.0 Å². The lowest BCUT2D eigenvalue weighted by Gasteiger charge is -2.31. The SMILES string of the molecule is CC1(C)c2cc(N(c3ccccc3)c3ccc(-c4ccccc4)cc3)ccc2-c2c(-c3ccccc3)cc(N(c3ccccc3)c3ccc(-c4ccccc4)cc3)cc21.Cc1cc2c(cc1N(c1cc(-c3ccccc3)cc(-c3ccccc3)c1)c1cc(-c3ccccc3)cc(-c3ccccc3)c1)C(C)(C)c1cc(-n3c4ccccc4c4ccccc43)c(C)cc1-2. The smallest absolute Gasteiger partial charge is 0.0541 e. The Balaban J connectivity index is 0.000000155. The van der Waals surface area contributed by atoms with E-state index in [4.69, 9.17) is 0 Å². The van der Waals surface area contributed by atoms with Gasteiger partial charge in [-0.1, -0.05) is 343 Å². The first-order valence-corrected chi connectivity index (χ1v) is 43.8. The molecule has 2 aliphatic rings. The minimum atomic E-state index is -0.292. The molecular weight excluding hydrogens is 1520 g/mol. The number of rotatable bonds is 17. The van der Waals surface area contributed by atoms with Gasteiger partial charge in [0.25, 0.3) is 0 Å². The second-order valence-electron chi connectivity index (χ2n) is 34.5. The minimum absolute atomic E-state index is 0.290. The maximum absolute atomic E-state index is 2.53. The lowest BCUT2D eigenvalue weighted by atomic mass is 9.81. The summed E-state index contributed by atoms with van der Waals surface area (Å²) in [6, 6.07) is 168. The quantitative estimate of drug-likeness (QED) is 0.0903. The fourth-order valence-electron chi connectivity index (χ4n) is 19.6. The maximum Gasteiger partial charge on any atom is 0.0541 e. The van der Waals surface area contributed by atoms with Gasteiger partial charge in [-0.25, -0.2) is 0 Å². The molecule has 2 aliphatic carbocycles. The van der Waals surface area contributed by atoms with Crippen LogP contribution in [0.15, 0.2) is 461 Å². The molecule has 0 aliphatic heterocycles. The number of hydrogen-bond acceptors (Lipinski definition) is 3. The van der Waals surface area contributed by atoms with E-state index >= 15 is 0 Å². The van der Waals surface area contributed by atoms with Crippen LogP contribution in [-0.2, 0) is 10.8 Å². The number of nitrogens with zero attached hydrogens (tertiary/aromatic N) is 4. The van der Waals surface area contributed by atoms with Crippen LogP contribution in [0.3, 0.4) is 0 Å². The first-order chi connectivity index (χ1) is 61.8. The van der Waals surface area contributed by atoms with Crippen LogP contribution in [0.25, 0.3) is 128 Å². The van der Waals surface area contributed by atoms with Crippen molar-refractivity contribution in [2.75, 3.05) is 14.7 Å². The van der Waals surface area contributed by atoms with Crippen molar-refractivity contribution in [2.45, 2.75) is 52.4 Å². The molecule has 0 bridgehead atoms. The number of fused-ring (bicyclic) bond motifs is 9. The predicted octanol–water partition coefficient (Wildman–Crippen LogP) is 33.8. The van der Waals surface area contributed by atoms with Gasteiger partial charge in [-0.15, -0.1) is 0 Å². The van der Waals surface area contributed by atoms with Crippen molar-refractivity contribution < 1.29 is 0 Å². The molecule has 4 nitrogen and oxygen atoms in total. The third-order valence-corrected chi connectivity index (χ3v) is 26.0. The van der Waals surface area contributed by atoms with Crippen molar-refractivity contribution >= 4 is 73.0 Å². The van der Waals surface area contributed by atoms with Crippen LogP contribution < -0.4 is 14.7 Å². The summed E-state index contributed by atoms with van der Waals surface area (Å²) < 4.78 is 2.48. The topological polar surface area (TPSA) is 14.7 Å². The first kappa shape index (κ1) is 77.7. The number of para-hydroxylation sites is 4. The van der Waals surface area contributed by atoms with Gasteiger partial charge in [-0.3, -0.25) is 0 Å². The molecule has 0 N–H and O–H groups in total. The van der Waals surface area contributed by atoms with Crippen molar-refractivity contribution in [3.63, 3.8) is 0 Å². The van der Waals surface area contributed by atoms with Crippen molar-refractivity contribution in [3.8, 4) is 106 Å². The lowest BCUT2D eigenvalue weighted by molar-refractivity contribution is 0.659. The number of aromatic nitrogens is 1. The van der Waals surface area contributed by atoms with Gasteiger partial charge in [0.1, 0.15) is 0 Å². The molecule has 0 radical (unpaired) electrons. The number of benzene rings is 19. The molecule has 1 heterocycles. The molecule has 0 unspecified atom stereocenters. The van der Waals surface area contributed by atoms with E-state index in [1.54, 1.807) is 0 Å². The average Bonchev–Trinajstić information content (AvgIpc) is 1.56. The van der Waals surface area contributed by atoms with Crippen LogP contribution in [0.2, 0.25) is 0 Å². The van der Waals surface area contributed by atoms with Gasteiger partial charge in [-0.2, -0.15) is 0 Å². The van der Waals surface area contributed by atoms with Crippen molar-refractivity contribution in [3.05, 3.63) is 494 Å². The average molecular weight is 1620 g/mol. The molecule has 602 valence electrons. The lowest BCUT2D eigenvalue weighted by Crippen LogP contribution is -2.18. The molecule has 0 saturated heterocycles. The summed E-state index contributed by atoms with van der Waals surface area (Å²) in [4.78, 5) is 7.32. The Hall–Kier alpha value is -15.6. The molecule has 20 aromatic rings. The third-order valence-electron chi connectivity index (χ3n) is 26.0. The highest BCUT2D eigenvalue weighted by atomic mass is 15.2. The Bertz CT molecular complexity index is 7100. The fourth-order valence-corrected chi connectivity index (χ4v) is 19.6. The largest absolute Gasteiger partial charge is 0.310 e. The molecule has 0 amide bonds. The molecule has 0 atom stereocenters. The molecule has 4 heteroatoms. The normalized spacial score (nSPS) is 12.5. The molecule has 1 aromatic heterocycles. The summed E-state index contributed by atoms with van der Waals surface area (Å²) in [7, 11) is 0. The van der Waals surface area contributed by atoms with Crippen molar-refractivity contribution in [2.24, 2.45) is 0 Å². The fraction of sp³-hybridized carbons (Fsp3) is 0.0656. The zero-order valence-corrected chi connectivity index (χ0v) is 71.7. The van der Waals surface area contributed by atoms with Gasteiger partial charge >= 0.3 is 0 Å². The van der Waals surface area contributed by atoms with Crippen molar-refractivity contribution in [1.82, 2.24) is 4.57 Å². The van der Waals surface area contributed by atoms with E-state index in [9.17, 15) is 0 Å². The number of hydrogen-bond donors (Lipinski definition) is 0. The highest BCUT2D eigenvalue weighted by Gasteiger charge is 2.41. The van der Waals surface area contributed by atoms with Crippen LogP contribution in [0, 0.1) is 13.8 Å². The van der Waals surface area contributed by atoms with E-state index in [0.717, 1.165) is 51.2 Å². The van der Waals surface area contributed by atoms with Gasteiger partial charge in [-0.05, 0) is 293 Å². The van der Waals surface area contributed by atoms with Crippen LogP contribution in [-0.4, -0.2) is 4.57 Å². The van der Waals surface area contributed by atoms with E-state index in [1.165, 1.54) is 161 Å². The van der Waals surface area contributed by atoms with E-state index < -0.39 is 0 Å². The van der Waals surface area contributed by atoms with Gasteiger partial charge in [0.2, 0.25) is 0 Å². The maximum atomic E-state index is 2.53. The molecule has 0 spiro atoms. The van der Waals surface area contributed by atoms with Gasteiger partial charge in [0, 0.05) is 78.5 Å². The second kappa shape index (κ2) is 32.6. The summed E-state index contributed by atoms with van der Waals surface area (Å²) in [5, 5.41) is 2.55. The standard InChI is InChI=1S/C65H50N2.C57H44N2/c1-43-33-57-58-34-44(2)64(67-61-31-19-17-29-55(61)56-30-18-20-32-62(56)67)42-60(58)65(3,4)59(57)41-63(43)66(53-37-49(45-21-9-5-10-22-45)35-50(38-53)46-23-11-6-12-24-46)54-39-51(47-25-13-7-14-26-47)36-52(40-54)48-27-15-8-16-28-48;1-57(2)54-39-50(58(46-24-14-6-15-25-46)48-32-28-43(29-33-48)41-18-8-3-9-19-41)36-37-52(54)56-53(45-22-12-5-13-23-45)38-51(40-55(56)57)59(47-26-16-7-17-27-47)49-34-30-44(31-35-49)42-20-10-4-11-21-42/h5-42H,1-4H3;3-40H,1-2H3. The monoisotopic (exact) mass is 1610 g/mol. The van der Waals surface area contributed by atoms with E-state index in [-0.39, 0.29) is 10.8 Å². The Labute approximate surface area is 739 Å². The van der Waals surface area contributed by atoms with Crippen molar-refractivity contribution in [1.29, 1.82) is 0 Å². The first-order valence-electron chi connectivity index (χ1n) is 43.8. The summed E-state index contributed by atoms with van der Waals surface area (Å²) >= 11 is 0. The number of aryl methyl sites for hydroxylation is 2. The Kier molecular flexibility index (Phi) is 20.1. The Morgan fingerprint density at radius 1 is 0.190 bits per heavy atom. The molecule has 19 aromatic carbocycles. The summed E-state index contributed by atoms with van der Waals surface area (Å²) in [6.45, 7) is 14.2. The summed E-state index contributed by atoms with van der Waals surface area (Å²) in [5.41, 5.74) is 42.9. The van der Waals surface area contributed by atoms with Gasteiger partial charge < -0.3 is 19.3 Å². The highest BCUT2D eigenvalue weighted by Crippen LogP contribution is 2.58. The molecule has 126 heavy (non-hydrogen) atoms. The summed E-state index contributed by atoms with van der Waals surface area (Å²) in [5.74, 6) is 0. The van der Waals surface area contributed by atoms with Crippen LogP contribution in [0.1, 0.15) is 61.1 Å². The van der Waals surface area contributed by atoms with E-state index in [1.807, 2.05) is 0 Å². The van der Waals surface area contributed by atoms with E-state index in [0.29, 0.717) is 0 Å². The van der Waals surface area contributed by atoms with Crippen LogP contribution in [0.4, 0.5) is 51.2 Å². The predicted molar refractivity (Wildman–Crippen MR) is 534 cm³/mol. The van der Waals surface area contributed by atoms with Gasteiger partial charge in [0.15, 0.2) is 0 Å². The van der Waals surface area contributed by atoms with Crippen LogP contribution >= 0.6 is 0 Å². The van der Waals surface area contributed by atoms with Crippen LogP contribution in [0.5, 0.6) is 0 Å². The Morgan fingerprint density at radius 3 is 0.913 bits per heavy atom. The molecular formula is C122H94N4. The van der Waals surface area contributed by atoms with E-state index in [2.05, 4.69) is 522 Å². The minimum Gasteiger partial charge on any atom is -0.310 e.